The van der Waals surface area contributed by atoms with E-state index >= 15 is 0 Å². The fourth-order valence-corrected chi connectivity index (χ4v) is 4.19. The molecule has 2 aliphatic rings. The molecular weight excluding hydrogens is 454 g/mol. The second-order valence-electron chi connectivity index (χ2n) is 8.74. The van der Waals surface area contributed by atoms with Gasteiger partial charge in [0.05, 0.1) is 5.02 Å². The number of carbonyl (C=O) groups excluding carboxylic acids is 2. The van der Waals surface area contributed by atoms with E-state index in [1.54, 1.807) is 4.90 Å². The van der Waals surface area contributed by atoms with Crippen molar-refractivity contribution in [3.05, 3.63) is 52.7 Å². The third-order valence-electron chi connectivity index (χ3n) is 5.91. The van der Waals surface area contributed by atoms with Gasteiger partial charge in [-0.2, -0.15) is 8.78 Å². The summed E-state index contributed by atoms with van der Waals surface area (Å²) < 4.78 is 30.3. The molecule has 1 aliphatic carbocycles. The Bertz CT molecular complexity index is 1060. The number of hydrogen-bond donors (Lipinski definition) is 2. The highest BCUT2D eigenvalue weighted by Crippen LogP contribution is 2.41. The fourth-order valence-electron chi connectivity index (χ4n) is 4.04. The largest absolute Gasteiger partial charge is 0.431 e. The summed E-state index contributed by atoms with van der Waals surface area (Å²) in [5, 5.41) is 5.66. The molecule has 7 nitrogen and oxygen atoms in total. The molecule has 3 amide bonds. The van der Waals surface area contributed by atoms with Crippen LogP contribution in [-0.4, -0.2) is 47.6 Å². The zero-order valence-electron chi connectivity index (χ0n) is 18.3. The maximum atomic E-state index is 13.6. The highest BCUT2D eigenvalue weighted by Gasteiger charge is 2.54. The predicted molar refractivity (Wildman–Crippen MR) is 120 cm³/mol. The van der Waals surface area contributed by atoms with E-state index in [0.29, 0.717) is 0 Å². The first-order chi connectivity index (χ1) is 15.7. The summed E-state index contributed by atoms with van der Waals surface area (Å²) >= 11 is 5.87. The van der Waals surface area contributed by atoms with Crippen LogP contribution in [0.1, 0.15) is 43.7 Å². The molecular formula is C23H25ClF2N4O3. The number of anilines is 1. The Morgan fingerprint density at radius 3 is 2.58 bits per heavy atom. The molecule has 0 radical (unpaired) electrons. The second-order valence-corrected chi connectivity index (χ2v) is 9.17. The van der Waals surface area contributed by atoms with Crippen LogP contribution in [0.5, 0.6) is 5.75 Å². The van der Waals surface area contributed by atoms with Crippen LogP contribution in [0.2, 0.25) is 5.02 Å². The Labute approximate surface area is 195 Å². The lowest BCUT2D eigenvalue weighted by Gasteiger charge is -2.49. The number of likely N-dealkylation sites (tertiary alicyclic amines) is 1. The van der Waals surface area contributed by atoms with E-state index in [2.05, 4.69) is 20.4 Å². The van der Waals surface area contributed by atoms with E-state index < -0.39 is 17.9 Å². The first-order valence-electron chi connectivity index (χ1n) is 10.8. The number of aromatic nitrogens is 1. The van der Waals surface area contributed by atoms with Crippen LogP contribution in [0, 0.1) is 0 Å². The number of rotatable bonds is 7. The lowest BCUT2D eigenvalue weighted by Crippen LogP contribution is -2.68. The number of nitrogens with one attached hydrogen (secondary N) is 2. The molecule has 0 unspecified atom stereocenters. The van der Waals surface area contributed by atoms with Gasteiger partial charge in [-0.15, -0.1) is 0 Å². The number of carbonyl (C=O) groups is 2. The van der Waals surface area contributed by atoms with Crippen molar-refractivity contribution in [1.29, 1.82) is 0 Å². The predicted octanol–water partition coefficient (Wildman–Crippen LogP) is 4.52. The van der Waals surface area contributed by atoms with Gasteiger partial charge in [0.25, 0.3) is 0 Å². The van der Waals surface area contributed by atoms with Crippen molar-refractivity contribution in [2.45, 2.75) is 50.7 Å². The first kappa shape index (κ1) is 23.2. The molecule has 2 aromatic rings. The smallest absolute Gasteiger partial charge is 0.387 e. The number of urea groups is 1. The molecule has 2 fully saturated rings. The molecule has 1 aromatic carbocycles. The van der Waals surface area contributed by atoms with Crippen molar-refractivity contribution < 1.29 is 23.1 Å². The number of halogens is 3. The minimum Gasteiger partial charge on any atom is -0.431 e. The third kappa shape index (κ3) is 4.88. The van der Waals surface area contributed by atoms with Crippen molar-refractivity contribution in [2.75, 3.05) is 18.4 Å². The topological polar surface area (TPSA) is 83.6 Å². The lowest BCUT2D eigenvalue weighted by molar-refractivity contribution is -0.126. The van der Waals surface area contributed by atoms with Gasteiger partial charge in [-0.25, -0.2) is 9.78 Å². The van der Waals surface area contributed by atoms with E-state index in [0.717, 1.165) is 24.0 Å². The van der Waals surface area contributed by atoms with Gasteiger partial charge in [0.15, 0.2) is 11.6 Å². The fraction of sp³-hybridized carbons (Fsp3) is 0.435. The van der Waals surface area contributed by atoms with Crippen molar-refractivity contribution in [3.8, 4) is 5.75 Å². The van der Waals surface area contributed by atoms with Crippen LogP contribution in [0.3, 0.4) is 0 Å². The Kier molecular flexibility index (Phi) is 6.43. The van der Waals surface area contributed by atoms with Gasteiger partial charge in [0.1, 0.15) is 5.41 Å². The molecule has 33 heavy (non-hydrogen) atoms. The van der Waals surface area contributed by atoms with Gasteiger partial charge in [0, 0.05) is 31.4 Å². The first-order valence-corrected chi connectivity index (χ1v) is 11.1. The van der Waals surface area contributed by atoms with Gasteiger partial charge in [0.2, 0.25) is 5.91 Å². The maximum absolute atomic E-state index is 13.6. The Hall–Kier alpha value is -2.94. The number of ether oxygens (including phenoxy) is 1. The molecule has 2 N–H and O–H groups in total. The number of nitrogens with zero attached hydrogens (tertiary/aromatic N) is 2. The second kappa shape index (κ2) is 9.13. The zero-order chi connectivity index (χ0) is 23.8. The summed E-state index contributed by atoms with van der Waals surface area (Å²) in [4.78, 5) is 31.8. The highest BCUT2D eigenvalue weighted by molar-refractivity contribution is 6.30. The summed E-state index contributed by atoms with van der Waals surface area (Å²) in [6, 6.07) is 8.71. The molecule has 1 saturated heterocycles. The van der Waals surface area contributed by atoms with Crippen molar-refractivity contribution in [2.24, 2.45) is 0 Å². The Balaban J connectivity index is 1.65. The molecule has 0 bridgehead atoms. The van der Waals surface area contributed by atoms with Crippen molar-refractivity contribution in [1.82, 2.24) is 15.2 Å². The molecule has 1 saturated carbocycles. The number of hydrogen-bond acceptors (Lipinski definition) is 4. The lowest BCUT2D eigenvalue weighted by atomic mass is 9.70. The normalized spacial score (nSPS) is 17.0. The van der Waals surface area contributed by atoms with Crippen LogP contribution in [-0.2, 0) is 10.2 Å². The Morgan fingerprint density at radius 1 is 1.24 bits per heavy atom. The summed E-state index contributed by atoms with van der Waals surface area (Å²) in [7, 11) is 0. The van der Waals surface area contributed by atoms with Crippen LogP contribution < -0.4 is 15.4 Å². The minimum atomic E-state index is -3.11. The molecule has 1 aliphatic heterocycles. The van der Waals surface area contributed by atoms with E-state index in [9.17, 15) is 18.4 Å². The molecule has 4 rings (SSSR count). The number of benzene rings is 1. The maximum Gasteiger partial charge on any atom is 0.387 e. The average molecular weight is 479 g/mol. The SMILES string of the molecule is CC(C)c1ccccc1C1(C(=O)Nc2ncc(Cl)cc2OC(F)F)CN(C(=O)NC2CC2)C1. The van der Waals surface area contributed by atoms with E-state index in [-0.39, 0.29) is 47.7 Å². The van der Waals surface area contributed by atoms with Crippen LogP contribution in [0.25, 0.3) is 0 Å². The third-order valence-corrected chi connectivity index (χ3v) is 6.12. The van der Waals surface area contributed by atoms with E-state index in [1.807, 2.05) is 38.1 Å². The van der Waals surface area contributed by atoms with Crippen LogP contribution >= 0.6 is 11.6 Å². The van der Waals surface area contributed by atoms with Gasteiger partial charge in [-0.1, -0.05) is 49.7 Å². The zero-order valence-corrected chi connectivity index (χ0v) is 19.0. The Morgan fingerprint density at radius 2 is 1.94 bits per heavy atom. The number of alkyl halides is 2. The molecule has 1 aromatic heterocycles. The summed E-state index contributed by atoms with van der Waals surface area (Å²) in [6.07, 6.45) is 3.15. The van der Waals surface area contributed by atoms with Crippen molar-refractivity contribution >= 4 is 29.4 Å². The average Bonchev–Trinajstić information content (AvgIpc) is 3.53. The van der Waals surface area contributed by atoms with E-state index in [4.69, 9.17) is 11.6 Å². The van der Waals surface area contributed by atoms with Gasteiger partial charge in [-0.05, 0) is 29.9 Å². The molecule has 0 spiro atoms. The highest BCUT2D eigenvalue weighted by atomic mass is 35.5. The molecule has 0 atom stereocenters. The molecule has 10 heteroatoms. The molecule has 176 valence electrons. The van der Waals surface area contributed by atoms with Crippen molar-refractivity contribution in [3.63, 3.8) is 0 Å². The summed E-state index contributed by atoms with van der Waals surface area (Å²) in [5.41, 5.74) is 0.701. The van der Waals surface area contributed by atoms with Crippen LogP contribution in [0.4, 0.5) is 19.4 Å². The summed E-state index contributed by atoms with van der Waals surface area (Å²) in [5.74, 6) is -0.820. The number of pyridine rings is 1. The van der Waals surface area contributed by atoms with E-state index in [1.165, 1.54) is 12.3 Å². The monoisotopic (exact) mass is 478 g/mol. The van der Waals surface area contributed by atoms with Gasteiger partial charge in [-0.3, -0.25) is 4.79 Å². The standard InChI is InChI=1S/C23H25ClF2N4O3/c1-13(2)16-5-3-4-6-17(16)23(11-30(12-23)22(32)28-15-7-8-15)20(31)29-19-18(33-21(25)26)9-14(24)10-27-19/h3-6,9-10,13,15,21H,7-8,11-12H2,1-2H3,(H,28,32)(H,27,29,31). The quantitative estimate of drug-likeness (QED) is 0.612. The summed E-state index contributed by atoms with van der Waals surface area (Å²) in [6.45, 7) is 1.24. The molecule has 2 heterocycles. The number of amides is 3. The van der Waals surface area contributed by atoms with Gasteiger partial charge < -0.3 is 20.3 Å². The van der Waals surface area contributed by atoms with Crippen LogP contribution in [0.15, 0.2) is 36.5 Å². The van der Waals surface area contributed by atoms with Gasteiger partial charge >= 0.3 is 12.6 Å². The minimum absolute atomic E-state index is 0.0927.